The number of nitro benzene ring substituents is 1. The first-order valence-electron chi connectivity index (χ1n) is 9.18. The molecule has 10 nitrogen and oxygen atoms in total. The quantitative estimate of drug-likeness (QED) is 0.267. The van der Waals surface area contributed by atoms with E-state index in [9.17, 15) is 19.7 Å². The van der Waals surface area contributed by atoms with E-state index < -0.39 is 16.9 Å². The summed E-state index contributed by atoms with van der Waals surface area (Å²) < 4.78 is 5.15. The van der Waals surface area contributed by atoms with E-state index >= 15 is 0 Å². The van der Waals surface area contributed by atoms with Crippen LogP contribution in [-0.2, 0) is 9.59 Å². The Morgan fingerprint density at radius 3 is 2.84 bits per heavy atom. The highest BCUT2D eigenvalue weighted by atomic mass is 35.5. The molecule has 0 bridgehead atoms. The molecule has 31 heavy (non-hydrogen) atoms. The Morgan fingerprint density at radius 2 is 2.13 bits per heavy atom. The largest absolute Gasteiger partial charge is 0.465 e. The van der Waals surface area contributed by atoms with Gasteiger partial charge in [-0.15, -0.1) is 0 Å². The normalized spacial score (nSPS) is 15.6. The summed E-state index contributed by atoms with van der Waals surface area (Å²) in [5.74, 6) is -0.194. The molecule has 1 aliphatic heterocycles. The van der Waals surface area contributed by atoms with Gasteiger partial charge in [-0.2, -0.15) is 0 Å². The summed E-state index contributed by atoms with van der Waals surface area (Å²) in [5, 5.41) is 13.7. The summed E-state index contributed by atoms with van der Waals surface area (Å²) in [6, 6.07) is 6.86. The van der Waals surface area contributed by atoms with Crippen molar-refractivity contribution in [1.82, 2.24) is 15.8 Å². The number of likely N-dealkylation sites (tertiary alicyclic amines) is 1. The first kappa shape index (κ1) is 22.2. The standard InChI is InChI=1S/C19H18ClN5O5S/c20-14-7-5-12(11-16(14)25(28)29)21-19(31)23-22-18(27)15-4-1-9-24(15)17(26)8-6-13-3-2-10-30-13/h2-3,5-8,10-11,15H,1,4,9H2,(H,22,27)(H2,21,23,31)/b8-6+/t15-/m0/s1. The van der Waals surface area contributed by atoms with Crippen LogP contribution in [0.15, 0.2) is 47.1 Å². The van der Waals surface area contributed by atoms with Crippen LogP contribution in [0.3, 0.4) is 0 Å². The monoisotopic (exact) mass is 463 g/mol. The number of hydrogen-bond acceptors (Lipinski definition) is 6. The molecule has 1 aromatic heterocycles. The number of rotatable bonds is 5. The molecule has 3 rings (SSSR count). The van der Waals surface area contributed by atoms with Crippen LogP contribution in [-0.4, -0.2) is 39.3 Å². The zero-order valence-corrected chi connectivity index (χ0v) is 17.6. The molecule has 12 heteroatoms. The molecular formula is C19H18ClN5O5S. The average Bonchev–Trinajstić information content (AvgIpc) is 3.43. The Morgan fingerprint density at radius 1 is 1.32 bits per heavy atom. The molecule has 2 amide bonds. The lowest BCUT2D eigenvalue weighted by Crippen LogP contribution is -2.52. The van der Waals surface area contributed by atoms with Crippen LogP contribution in [0.1, 0.15) is 18.6 Å². The van der Waals surface area contributed by atoms with Gasteiger partial charge in [0.15, 0.2) is 5.11 Å². The molecule has 0 radical (unpaired) electrons. The Hall–Kier alpha value is -3.44. The summed E-state index contributed by atoms with van der Waals surface area (Å²) in [7, 11) is 0. The molecular weight excluding hydrogens is 446 g/mol. The molecule has 0 aliphatic carbocycles. The van der Waals surface area contributed by atoms with Gasteiger partial charge < -0.3 is 14.6 Å². The van der Waals surface area contributed by atoms with Gasteiger partial charge in [0, 0.05) is 24.4 Å². The number of hydrogen-bond donors (Lipinski definition) is 3. The van der Waals surface area contributed by atoms with Gasteiger partial charge >= 0.3 is 0 Å². The first-order valence-corrected chi connectivity index (χ1v) is 9.97. The molecule has 1 atom stereocenters. The van der Waals surface area contributed by atoms with Gasteiger partial charge in [0.25, 0.3) is 11.6 Å². The van der Waals surface area contributed by atoms with E-state index in [1.165, 1.54) is 41.5 Å². The van der Waals surface area contributed by atoms with E-state index in [0.29, 0.717) is 30.8 Å². The highest BCUT2D eigenvalue weighted by molar-refractivity contribution is 7.80. The lowest BCUT2D eigenvalue weighted by Gasteiger charge is -2.23. The number of nitro groups is 1. The van der Waals surface area contributed by atoms with Crippen molar-refractivity contribution < 1.29 is 18.9 Å². The maximum absolute atomic E-state index is 12.5. The number of thiocarbonyl (C=S) groups is 1. The van der Waals surface area contributed by atoms with E-state index in [4.69, 9.17) is 28.2 Å². The molecule has 0 saturated carbocycles. The topological polar surface area (TPSA) is 130 Å². The number of furan rings is 1. The second kappa shape index (κ2) is 10.0. The number of nitrogens with zero attached hydrogens (tertiary/aromatic N) is 2. The van der Waals surface area contributed by atoms with E-state index in [2.05, 4.69) is 16.2 Å². The molecule has 1 aliphatic rings. The average molecular weight is 464 g/mol. The van der Waals surface area contributed by atoms with Crippen LogP contribution in [0.5, 0.6) is 0 Å². The SMILES string of the molecule is O=C(NNC(=S)Nc1ccc(Cl)c([N+](=O)[O-])c1)[C@@H]1CCCN1C(=O)/C=C/c1ccco1. The number of amides is 2. The summed E-state index contributed by atoms with van der Waals surface area (Å²) in [6.07, 6.45) is 5.60. The molecule has 0 spiro atoms. The van der Waals surface area contributed by atoms with Crippen molar-refractivity contribution in [3.05, 3.63) is 63.6 Å². The van der Waals surface area contributed by atoms with E-state index in [-0.39, 0.29) is 21.7 Å². The zero-order chi connectivity index (χ0) is 22.4. The molecule has 1 aromatic carbocycles. The van der Waals surface area contributed by atoms with Crippen molar-refractivity contribution in [2.75, 3.05) is 11.9 Å². The van der Waals surface area contributed by atoms with Gasteiger partial charge in [-0.25, -0.2) is 0 Å². The van der Waals surface area contributed by atoms with Crippen LogP contribution in [0.4, 0.5) is 11.4 Å². The first-order chi connectivity index (χ1) is 14.8. The summed E-state index contributed by atoms with van der Waals surface area (Å²) in [4.78, 5) is 36.8. The van der Waals surface area contributed by atoms with Gasteiger partial charge in [0.1, 0.15) is 16.8 Å². The van der Waals surface area contributed by atoms with Crippen molar-refractivity contribution in [3.63, 3.8) is 0 Å². The summed E-state index contributed by atoms with van der Waals surface area (Å²) >= 11 is 10.9. The van der Waals surface area contributed by atoms with Crippen LogP contribution in [0, 0.1) is 10.1 Å². The van der Waals surface area contributed by atoms with Crippen LogP contribution in [0.25, 0.3) is 6.08 Å². The number of benzene rings is 1. The molecule has 2 heterocycles. The predicted molar refractivity (Wildman–Crippen MR) is 118 cm³/mol. The Bertz CT molecular complexity index is 1030. The Balaban J connectivity index is 1.53. The minimum atomic E-state index is -0.652. The summed E-state index contributed by atoms with van der Waals surface area (Å²) in [5.41, 5.74) is 5.04. The fraction of sp³-hybridized carbons (Fsp3) is 0.211. The van der Waals surface area contributed by atoms with Gasteiger partial charge in [-0.3, -0.25) is 30.6 Å². The van der Waals surface area contributed by atoms with E-state index in [1.807, 2.05) is 0 Å². The van der Waals surface area contributed by atoms with Crippen LogP contribution < -0.4 is 16.2 Å². The molecule has 1 fully saturated rings. The number of hydrazine groups is 1. The van der Waals surface area contributed by atoms with Gasteiger partial charge in [-0.05, 0) is 55.4 Å². The van der Waals surface area contributed by atoms with Gasteiger partial charge in [0.2, 0.25) is 5.91 Å². The lowest BCUT2D eigenvalue weighted by atomic mass is 10.2. The number of carbonyl (C=O) groups is 2. The van der Waals surface area contributed by atoms with Crippen molar-refractivity contribution in [3.8, 4) is 0 Å². The van der Waals surface area contributed by atoms with E-state index in [0.717, 1.165) is 0 Å². The third kappa shape index (κ3) is 5.80. The minimum absolute atomic E-state index is 0.00480. The van der Waals surface area contributed by atoms with Gasteiger partial charge in [-0.1, -0.05) is 11.6 Å². The Labute approximate surface area is 187 Å². The fourth-order valence-electron chi connectivity index (χ4n) is 3.03. The minimum Gasteiger partial charge on any atom is -0.465 e. The highest BCUT2D eigenvalue weighted by Gasteiger charge is 2.33. The highest BCUT2D eigenvalue weighted by Crippen LogP contribution is 2.27. The number of nitrogens with one attached hydrogen (secondary N) is 3. The third-order valence-electron chi connectivity index (χ3n) is 4.47. The second-order valence-electron chi connectivity index (χ2n) is 6.53. The number of anilines is 1. The van der Waals surface area contributed by atoms with Crippen molar-refractivity contribution in [2.45, 2.75) is 18.9 Å². The number of carbonyl (C=O) groups excluding carboxylic acids is 2. The van der Waals surface area contributed by atoms with Crippen molar-refractivity contribution >= 4 is 58.2 Å². The maximum Gasteiger partial charge on any atom is 0.289 e. The van der Waals surface area contributed by atoms with Crippen LogP contribution >= 0.6 is 23.8 Å². The molecule has 162 valence electrons. The van der Waals surface area contributed by atoms with Crippen molar-refractivity contribution in [1.29, 1.82) is 0 Å². The van der Waals surface area contributed by atoms with E-state index in [1.54, 1.807) is 12.1 Å². The predicted octanol–water partition coefficient (Wildman–Crippen LogP) is 2.86. The molecule has 2 aromatic rings. The second-order valence-corrected chi connectivity index (χ2v) is 7.35. The van der Waals surface area contributed by atoms with Crippen molar-refractivity contribution in [2.24, 2.45) is 0 Å². The van der Waals surface area contributed by atoms with Gasteiger partial charge in [0.05, 0.1) is 11.2 Å². The summed E-state index contributed by atoms with van der Waals surface area (Å²) in [6.45, 7) is 0.455. The smallest absolute Gasteiger partial charge is 0.289 e. The maximum atomic E-state index is 12.5. The molecule has 3 N–H and O–H groups in total. The Kier molecular flexibility index (Phi) is 7.21. The lowest BCUT2D eigenvalue weighted by molar-refractivity contribution is -0.384. The fourth-order valence-corrected chi connectivity index (χ4v) is 3.39. The molecule has 0 unspecified atom stereocenters. The molecule has 1 saturated heterocycles. The third-order valence-corrected chi connectivity index (χ3v) is 5.00. The zero-order valence-electron chi connectivity index (χ0n) is 16.0. The van der Waals surface area contributed by atoms with Crippen LogP contribution in [0.2, 0.25) is 5.02 Å². The number of halogens is 1.